The van der Waals surface area contributed by atoms with E-state index < -0.39 is 22.0 Å². The predicted octanol–water partition coefficient (Wildman–Crippen LogP) is 1.45. The van der Waals surface area contributed by atoms with Crippen LogP contribution in [0.3, 0.4) is 0 Å². The van der Waals surface area contributed by atoms with Crippen LogP contribution in [0.1, 0.15) is 45.6 Å². The normalized spacial score (nSPS) is 25.7. The zero-order valence-electron chi connectivity index (χ0n) is 16.2. The third kappa shape index (κ3) is 4.04. The lowest BCUT2D eigenvalue weighted by Crippen LogP contribution is -2.49. The lowest BCUT2D eigenvalue weighted by Gasteiger charge is -2.38. The van der Waals surface area contributed by atoms with Crippen LogP contribution in [0.25, 0.3) is 0 Å². The number of esters is 1. The molecule has 0 spiro atoms. The molecule has 0 radical (unpaired) electrons. The van der Waals surface area contributed by atoms with Crippen molar-refractivity contribution in [3.8, 4) is 0 Å². The van der Waals surface area contributed by atoms with Gasteiger partial charge in [0.15, 0.2) is 6.61 Å². The van der Waals surface area contributed by atoms with Gasteiger partial charge in [-0.15, -0.1) is 0 Å². The number of ether oxygens (including phenoxy) is 1. The zero-order chi connectivity index (χ0) is 20.5. The summed E-state index contributed by atoms with van der Waals surface area (Å²) in [6.07, 6.45) is 2.96. The van der Waals surface area contributed by atoms with Crippen molar-refractivity contribution in [1.82, 2.24) is 9.62 Å². The van der Waals surface area contributed by atoms with Gasteiger partial charge in [-0.3, -0.25) is 14.5 Å². The molecular weight excluding hydrogens is 382 g/mol. The van der Waals surface area contributed by atoms with Gasteiger partial charge in [-0.05, 0) is 52.2 Å². The summed E-state index contributed by atoms with van der Waals surface area (Å²) in [7, 11) is -3.67. The number of piperidine rings is 1. The summed E-state index contributed by atoms with van der Waals surface area (Å²) in [4.78, 5) is 30.8. The van der Waals surface area contributed by atoms with Crippen molar-refractivity contribution in [2.75, 3.05) is 6.61 Å². The Balaban J connectivity index is 1.64. The molecule has 1 aromatic rings. The fraction of sp³-hybridized carbons (Fsp3) is 0.526. The van der Waals surface area contributed by atoms with Crippen molar-refractivity contribution < 1.29 is 22.7 Å². The van der Waals surface area contributed by atoms with E-state index in [0.29, 0.717) is 5.56 Å². The van der Waals surface area contributed by atoms with E-state index in [1.165, 1.54) is 13.0 Å². The van der Waals surface area contributed by atoms with Gasteiger partial charge in [0.2, 0.25) is 0 Å². The highest BCUT2D eigenvalue weighted by atomic mass is 32.2. The first-order chi connectivity index (χ1) is 13.2. The Hall–Kier alpha value is -2.42. The molecule has 28 heavy (non-hydrogen) atoms. The number of carbonyl (C=O) groups excluding carboxylic acids is 2. The first-order valence-corrected chi connectivity index (χ1v) is 10.9. The summed E-state index contributed by atoms with van der Waals surface area (Å²) in [6.45, 7) is 5.15. The van der Waals surface area contributed by atoms with Crippen LogP contribution >= 0.6 is 0 Å². The van der Waals surface area contributed by atoms with Gasteiger partial charge >= 0.3 is 5.97 Å². The number of carbonyl (C=O) groups is 2. The Morgan fingerprint density at radius 2 is 1.89 bits per heavy atom. The Bertz CT molecular complexity index is 902. The Morgan fingerprint density at radius 3 is 2.57 bits per heavy atom. The van der Waals surface area contributed by atoms with E-state index in [-0.39, 0.29) is 35.3 Å². The van der Waals surface area contributed by atoms with Gasteiger partial charge in [0.1, 0.15) is 11.9 Å². The van der Waals surface area contributed by atoms with Crippen LogP contribution in [-0.4, -0.2) is 55.8 Å². The maximum atomic E-state index is 12.5. The SMILES string of the molecule is C[C@H](N=C1NS(=O)(=O)c2ccccc21)C(=O)OCC(=O)N1[C@H](C)CCC[C@H]1C. The van der Waals surface area contributed by atoms with Crippen molar-refractivity contribution in [2.45, 2.75) is 63.1 Å². The molecular formula is C19H25N3O5S. The predicted molar refractivity (Wildman–Crippen MR) is 103 cm³/mol. The molecule has 1 fully saturated rings. The van der Waals surface area contributed by atoms with Crippen molar-refractivity contribution in [3.05, 3.63) is 29.8 Å². The molecule has 0 aromatic heterocycles. The van der Waals surface area contributed by atoms with E-state index in [0.717, 1.165) is 19.3 Å². The maximum Gasteiger partial charge on any atom is 0.331 e. The van der Waals surface area contributed by atoms with Gasteiger partial charge in [-0.2, -0.15) is 0 Å². The number of hydrogen-bond donors (Lipinski definition) is 1. The molecule has 0 saturated carbocycles. The molecule has 1 aromatic carbocycles. The number of likely N-dealkylation sites (tertiary alicyclic amines) is 1. The van der Waals surface area contributed by atoms with Crippen molar-refractivity contribution >= 4 is 27.7 Å². The first kappa shape index (κ1) is 20.3. The van der Waals surface area contributed by atoms with E-state index in [1.807, 2.05) is 13.8 Å². The van der Waals surface area contributed by atoms with Crippen LogP contribution in [0.4, 0.5) is 0 Å². The number of rotatable bonds is 4. The minimum absolute atomic E-state index is 0.102. The number of hydrogen-bond acceptors (Lipinski definition) is 6. The van der Waals surface area contributed by atoms with Crippen molar-refractivity contribution in [1.29, 1.82) is 0 Å². The standard InChI is InChI=1S/C19H25N3O5S/c1-12-7-6-8-13(2)22(12)17(23)11-27-19(24)14(3)20-18-15-9-4-5-10-16(15)28(25,26)21-18/h4-5,9-10,12-14H,6-8,11H2,1-3H3,(H,20,21)/t12-,13-,14+/m1/s1. The van der Waals surface area contributed by atoms with Gasteiger partial charge in [-0.1, -0.05) is 12.1 Å². The third-order valence-electron chi connectivity index (χ3n) is 5.15. The number of nitrogens with one attached hydrogen (secondary N) is 1. The number of amides is 1. The van der Waals surface area contributed by atoms with Crippen LogP contribution in [0.5, 0.6) is 0 Å². The second-order valence-electron chi connectivity index (χ2n) is 7.29. The first-order valence-electron chi connectivity index (χ1n) is 9.38. The average molecular weight is 407 g/mol. The monoisotopic (exact) mass is 407 g/mol. The number of nitrogens with zero attached hydrogens (tertiary/aromatic N) is 2. The summed E-state index contributed by atoms with van der Waals surface area (Å²) < 4.78 is 31.7. The number of amidine groups is 1. The number of benzene rings is 1. The van der Waals surface area contributed by atoms with Gasteiger partial charge in [0, 0.05) is 17.6 Å². The Morgan fingerprint density at radius 1 is 1.25 bits per heavy atom. The highest BCUT2D eigenvalue weighted by Crippen LogP contribution is 2.23. The molecule has 3 rings (SSSR count). The Labute approximate surface area is 165 Å². The molecule has 9 heteroatoms. The molecule has 152 valence electrons. The topological polar surface area (TPSA) is 105 Å². The van der Waals surface area contributed by atoms with Gasteiger partial charge in [-0.25, -0.2) is 13.2 Å². The number of sulfonamides is 1. The minimum atomic E-state index is -3.67. The van der Waals surface area contributed by atoms with Crippen molar-refractivity contribution in [3.63, 3.8) is 0 Å². The van der Waals surface area contributed by atoms with Gasteiger partial charge < -0.3 is 9.64 Å². The minimum Gasteiger partial charge on any atom is -0.454 e. The maximum absolute atomic E-state index is 12.5. The van der Waals surface area contributed by atoms with E-state index in [2.05, 4.69) is 9.71 Å². The van der Waals surface area contributed by atoms with Crippen LogP contribution in [-0.2, 0) is 24.3 Å². The van der Waals surface area contributed by atoms with Gasteiger partial charge in [0.25, 0.3) is 15.9 Å². The molecule has 0 bridgehead atoms. The lowest BCUT2D eigenvalue weighted by atomic mass is 9.97. The molecule has 3 atom stereocenters. The average Bonchev–Trinajstić information content (AvgIpc) is 2.90. The fourth-order valence-electron chi connectivity index (χ4n) is 3.72. The van der Waals surface area contributed by atoms with E-state index in [1.54, 1.807) is 23.1 Å². The summed E-state index contributed by atoms with van der Waals surface area (Å²) in [6, 6.07) is 5.70. The quantitative estimate of drug-likeness (QED) is 0.761. The summed E-state index contributed by atoms with van der Waals surface area (Å²) in [5.74, 6) is -0.800. The molecule has 2 aliphatic rings. The molecule has 0 unspecified atom stereocenters. The van der Waals surface area contributed by atoms with Crippen LogP contribution in [0, 0.1) is 0 Å². The van der Waals surface area contributed by atoms with Gasteiger partial charge in [0.05, 0.1) is 4.90 Å². The molecule has 2 heterocycles. The largest absolute Gasteiger partial charge is 0.454 e. The van der Waals surface area contributed by atoms with Crippen LogP contribution < -0.4 is 4.72 Å². The molecule has 8 nitrogen and oxygen atoms in total. The number of aliphatic imine (C=N–C) groups is 1. The summed E-state index contributed by atoms with van der Waals surface area (Å²) in [5, 5.41) is 0. The van der Waals surface area contributed by atoms with E-state index in [4.69, 9.17) is 4.74 Å². The fourth-order valence-corrected chi connectivity index (χ4v) is 4.96. The van der Waals surface area contributed by atoms with Crippen LogP contribution in [0.15, 0.2) is 34.2 Å². The third-order valence-corrected chi connectivity index (χ3v) is 6.54. The smallest absolute Gasteiger partial charge is 0.331 e. The highest BCUT2D eigenvalue weighted by molar-refractivity contribution is 7.90. The van der Waals surface area contributed by atoms with E-state index >= 15 is 0 Å². The molecule has 0 aliphatic carbocycles. The second-order valence-corrected chi connectivity index (χ2v) is 8.94. The van der Waals surface area contributed by atoms with Crippen molar-refractivity contribution in [2.24, 2.45) is 4.99 Å². The highest BCUT2D eigenvalue weighted by Gasteiger charge is 2.32. The zero-order valence-corrected chi connectivity index (χ0v) is 17.0. The molecule has 1 N–H and O–H groups in total. The second kappa shape index (κ2) is 7.90. The molecule has 1 saturated heterocycles. The molecule has 2 aliphatic heterocycles. The number of fused-ring (bicyclic) bond motifs is 1. The van der Waals surface area contributed by atoms with Crippen LogP contribution in [0.2, 0.25) is 0 Å². The van der Waals surface area contributed by atoms with E-state index in [9.17, 15) is 18.0 Å². The molecule has 1 amide bonds. The summed E-state index contributed by atoms with van der Waals surface area (Å²) >= 11 is 0. The summed E-state index contributed by atoms with van der Waals surface area (Å²) in [5.41, 5.74) is 0.411. The Kier molecular flexibility index (Phi) is 5.74. The lowest BCUT2D eigenvalue weighted by molar-refractivity contribution is -0.155.